The monoisotopic (exact) mass is 260 g/mol. The lowest BCUT2D eigenvalue weighted by molar-refractivity contribution is 0.187. The number of furan rings is 1. The lowest BCUT2D eigenvalue weighted by atomic mass is 10.1. The van der Waals surface area contributed by atoms with Crippen molar-refractivity contribution in [3.8, 4) is 5.75 Å². The van der Waals surface area contributed by atoms with Gasteiger partial charge in [-0.25, -0.2) is 0 Å². The quantitative estimate of drug-likeness (QED) is 0.861. The highest BCUT2D eigenvalue weighted by atomic mass is 16.5. The van der Waals surface area contributed by atoms with Crippen molar-refractivity contribution in [2.45, 2.75) is 32.8 Å². The maximum atomic E-state index is 10.2. The average molecular weight is 260 g/mol. The molecule has 1 N–H and O–H groups in total. The van der Waals surface area contributed by atoms with Gasteiger partial charge in [-0.3, -0.25) is 0 Å². The van der Waals surface area contributed by atoms with Gasteiger partial charge in [-0.05, 0) is 36.2 Å². The molecule has 1 atom stereocenters. The fraction of sp³-hybridized carbons (Fsp3) is 0.375. The molecule has 0 aliphatic heterocycles. The lowest BCUT2D eigenvalue weighted by Gasteiger charge is -2.10. The molecule has 0 saturated heterocycles. The highest BCUT2D eigenvalue weighted by molar-refractivity contribution is 5.31. The van der Waals surface area contributed by atoms with Crippen molar-refractivity contribution < 1.29 is 14.3 Å². The molecule has 0 aliphatic rings. The number of hydrogen-bond donors (Lipinski definition) is 1. The molecule has 19 heavy (non-hydrogen) atoms. The van der Waals surface area contributed by atoms with Gasteiger partial charge in [0.15, 0.2) is 0 Å². The summed E-state index contributed by atoms with van der Waals surface area (Å²) < 4.78 is 11.1. The third-order valence-electron chi connectivity index (χ3n) is 2.97. The molecule has 0 radical (unpaired) electrons. The standard InChI is InChI=1S/C16H20O3/c1-3-11-18-14-7-5-12(6-8-14)16(17)15-10-9-13(4-2)19-15/h5-10,16-17H,3-4,11H2,1-2H3. The molecule has 0 fully saturated rings. The largest absolute Gasteiger partial charge is 0.494 e. The number of ether oxygens (including phenoxy) is 1. The summed E-state index contributed by atoms with van der Waals surface area (Å²) in [6, 6.07) is 11.2. The topological polar surface area (TPSA) is 42.6 Å². The van der Waals surface area contributed by atoms with Gasteiger partial charge in [0.05, 0.1) is 6.61 Å². The van der Waals surface area contributed by atoms with Crippen LogP contribution < -0.4 is 4.74 Å². The van der Waals surface area contributed by atoms with Crippen LogP contribution in [0.15, 0.2) is 40.8 Å². The summed E-state index contributed by atoms with van der Waals surface area (Å²) in [5.74, 6) is 2.29. The third kappa shape index (κ3) is 3.38. The molecule has 0 amide bonds. The van der Waals surface area contributed by atoms with Crippen LogP contribution >= 0.6 is 0 Å². The predicted molar refractivity (Wildman–Crippen MR) is 74.4 cm³/mol. The molecular formula is C16H20O3. The van der Waals surface area contributed by atoms with Gasteiger partial charge in [0.1, 0.15) is 23.4 Å². The SMILES string of the molecule is CCCOc1ccc(C(O)c2ccc(CC)o2)cc1. The van der Waals surface area contributed by atoms with Crippen molar-refractivity contribution in [2.75, 3.05) is 6.61 Å². The Balaban J connectivity index is 2.08. The van der Waals surface area contributed by atoms with Gasteiger partial charge in [0.2, 0.25) is 0 Å². The van der Waals surface area contributed by atoms with Crippen LogP contribution in [0.25, 0.3) is 0 Å². The molecule has 1 aromatic carbocycles. The Morgan fingerprint density at radius 1 is 1.11 bits per heavy atom. The molecule has 2 aromatic rings. The lowest BCUT2D eigenvalue weighted by Crippen LogP contribution is -1.99. The fourth-order valence-electron chi connectivity index (χ4n) is 1.86. The summed E-state index contributed by atoms with van der Waals surface area (Å²) in [6.45, 7) is 4.80. The van der Waals surface area contributed by atoms with Gasteiger partial charge in [-0.1, -0.05) is 26.0 Å². The third-order valence-corrected chi connectivity index (χ3v) is 2.97. The number of rotatable bonds is 6. The van der Waals surface area contributed by atoms with E-state index in [9.17, 15) is 5.11 Å². The van der Waals surface area contributed by atoms with Crippen molar-refractivity contribution in [3.05, 3.63) is 53.5 Å². The van der Waals surface area contributed by atoms with Crippen LogP contribution in [0, 0.1) is 0 Å². The summed E-state index contributed by atoms with van der Waals surface area (Å²) in [7, 11) is 0. The second-order valence-electron chi connectivity index (χ2n) is 4.48. The van der Waals surface area contributed by atoms with Crippen LogP contribution in [0.1, 0.15) is 43.5 Å². The smallest absolute Gasteiger partial charge is 0.137 e. The summed E-state index contributed by atoms with van der Waals surface area (Å²) in [5.41, 5.74) is 0.806. The molecule has 2 rings (SSSR count). The van der Waals surface area contributed by atoms with Crippen molar-refractivity contribution in [3.63, 3.8) is 0 Å². The van der Waals surface area contributed by atoms with E-state index in [0.717, 1.165) is 29.9 Å². The van der Waals surface area contributed by atoms with E-state index in [-0.39, 0.29) is 0 Å². The predicted octanol–water partition coefficient (Wildman–Crippen LogP) is 3.71. The van der Waals surface area contributed by atoms with E-state index in [1.54, 1.807) is 0 Å². The van der Waals surface area contributed by atoms with Crippen molar-refractivity contribution >= 4 is 0 Å². The van der Waals surface area contributed by atoms with E-state index < -0.39 is 6.10 Å². The molecule has 1 heterocycles. The van der Waals surface area contributed by atoms with Crippen LogP contribution in [0.3, 0.4) is 0 Å². The first kappa shape index (κ1) is 13.7. The number of benzene rings is 1. The van der Waals surface area contributed by atoms with Crippen LogP contribution in [0.4, 0.5) is 0 Å². The maximum absolute atomic E-state index is 10.2. The zero-order chi connectivity index (χ0) is 13.7. The summed E-state index contributed by atoms with van der Waals surface area (Å²) in [5, 5.41) is 10.2. The van der Waals surface area contributed by atoms with Crippen LogP contribution in [0.2, 0.25) is 0 Å². The minimum absolute atomic E-state index is 0.582. The van der Waals surface area contributed by atoms with E-state index in [0.29, 0.717) is 12.4 Å². The first-order valence-electron chi connectivity index (χ1n) is 6.74. The Morgan fingerprint density at radius 3 is 2.42 bits per heavy atom. The van der Waals surface area contributed by atoms with E-state index in [1.807, 2.05) is 43.3 Å². The molecule has 1 unspecified atom stereocenters. The van der Waals surface area contributed by atoms with Gasteiger partial charge in [0, 0.05) is 6.42 Å². The highest BCUT2D eigenvalue weighted by Crippen LogP contribution is 2.25. The Labute approximate surface area is 113 Å². The molecule has 0 spiro atoms. The summed E-state index contributed by atoms with van der Waals surface area (Å²) in [6.07, 6.45) is 1.09. The first-order chi connectivity index (χ1) is 9.24. The van der Waals surface area contributed by atoms with Crippen LogP contribution in [0.5, 0.6) is 5.75 Å². The van der Waals surface area contributed by atoms with Crippen molar-refractivity contribution in [1.82, 2.24) is 0 Å². The first-order valence-corrected chi connectivity index (χ1v) is 6.74. The van der Waals surface area contributed by atoms with E-state index in [4.69, 9.17) is 9.15 Å². The highest BCUT2D eigenvalue weighted by Gasteiger charge is 2.14. The molecular weight excluding hydrogens is 240 g/mol. The molecule has 3 heteroatoms. The number of aliphatic hydroxyl groups excluding tert-OH is 1. The minimum Gasteiger partial charge on any atom is -0.494 e. The van der Waals surface area contributed by atoms with Gasteiger partial charge < -0.3 is 14.3 Å². The summed E-state index contributed by atoms with van der Waals surface area (Å²) >= 11 is 0. The van der Waals surface area contributed by atoms with E-state index in [2.05, 4.69) is 6.92 Å². The second-order valence-corrected chi connectivity index (χ2v) is 4.48. The Bertz CT molecular complexity index is 499. The maximum Gasteiger partial charge on any atom is 0.137 e. The summed E-state index contributed by atoms with van der Waals surface area (Å²) in [4.78, 5) is 0. The molecule has 1 aromatic heterocycles. The Morgan fingerprint density at radius 2 is 1.84 bits per heavy atom. The number of hydrogen-bond acceptors (Lipinski definition) is 3. The zero-order valence-corrected chi connectivity index (χ0v) is 11.4. The number of aliphatic hydroxyl groups is 1. The van der Waals surface area contributed by atoms with E-state index >= 15 is 0 Å². The van der Waals surface area contributed by atoms with Gasteiger partial charge in [-0.15, -0.1) is 0 Å². The van der Waals surface area contributed by atoms with Crippen LogP contribution in [-0.2, 0) is 6.42 Å². The molecule has 3 nitrogen and oxygen atoms in total. The normalized spacial score (nSPS) is 12.4. The molecule has 0 bridgehead atoms. The van der Waals surface area contributed by atoms with Crippen molar-refractivity contribution in [2.24, 2.45) is 0 Å². The minimum atomic E-state index is -0.722. The molecule has 102 valence electrons. The average Bonchev–Trinajstić information content (AvgIpc) is 2.94. The van der Waals surface area contributed by atoms with Crippen molar-refractivity contribution in [1.29, 1.82) is 0 Å². The van der Waals surface area contributed by atoms with Gasteiger partial charge in [-0.2, -0.15) is 0 Å². The van der Waals surface area contributed by atoms with Gasteiger partial charge >= 0.3 is 0 Å². The zero-order valence-electron chi connectivity index (χ0n) is 11.4. The fourth-order valence-corrected chi connectivity index (χ4v) is 1.86. The molecule has 0 aliphatic carbocycles. The van der Waals surface area contributed by atoms with Crippen LogP contribution in [-0.4, -0.2) is 11.7 Å². The van der Waals surface area contributed by atoms with E-state index in [1.165, 1.54) is 0 Å². The van der Waals surface area contributed by atoms with Gasteiger partial charge in [0.25, 0.3) is 0 Å². The molecule has 0 saturated carbocycles. The Kier molecular flexibility index (Phi) is 4.63. The Hall–Kier alpha value is -1.74. The second kappa shape index (κ2) is 6.43. The number of aryl methyl sites for hydroxylation is 1.